The number of piperazine rings is 1. The van der Waals surface area contributed by atoms with E-state index in [9.17, 15) is 8.42 Å². The van der Waals surface area contributed by atoms with Gasteiger partial charge in [-0.25, -0.2) is 23.1 Å². The predicted octanol–water partition coefficient (Wildman–Crippen LogP) is 3.91. The molecule has 34 heavy (non-hydrogen) atoms. The fraction of sp³-hybridized carbons (Fsp3) is 0.292. The third-order valence-electron chi connectivity index (χ3n) is 6.09. The van der Waals surface area contributed by atoms with Crippen molar-refractivity contribution in [3.05, 3.63) is 70.6 Å². The van der Waals surface area contributed by atoms with E-state index in [0.29, 0.717) is 37.0 Å². The molecule has 4 aromatic rings. The Morgan fingerprint density at radius 1 is 0.912 bits per heavy atom. The van der Waals surface area contributed by atoms with Crippen LogP contribution in [0.5, 0.6) is 0 Å². The van der Waals surface area contributed by atoms with E-state index in [1.165, 1.54) is 9.87 Å². The van der Waals surface area contributed by atoms with Crippen LogP contribution in [-0.2, 0) is 10.0 Å². The summed E-state index contributed by atoms with van der Waals surface area (Å²) >= 11 is 5.92. The first-order chi connectivity index (χ1) is 16.2. The summed E-state index contributed by atoms with van der Waals surface area (Å²) in [6, 6.07) is 12.5. The Morgan fingerprint density at radius 3 is 2.29 bits per heavy atom. The number of benzene rings is 2. The third kappa shape index (κ3) is 4.04. The van der Waals surface area contributed by atoms with E-state index in [1.807, 2.05) is 11.6 Å². The molecule has 2 aromatic heterocycles. The molecule has 0 radical (unpaired) electrons. The molecule has 0 aliphatic carbocycles. The molecule has 1 saturated heterocycles. The Labute approximate surface area is 203 Å². The smallest absolute Gasteiger partial charge is 0.243 e. The maximum Gasteiger partial charge on any atom is 0.243 e. The van der Waals surface area contributed by atoms with Crippen molar-refractivity contribution in [2.24, 2.45) is 0 Å². The zero-order valence-electron chi connectivity index (χ0n) is 19.2. The average Bonchev–Trinajstić information content (AvgIpc) is 3.22. The molecule has 0 bridgehead atoms. The predicted molar refractivity (Wildman–Crippen MR) is 133 cm³/mol. The van der Waals surface area contributed by atoms with E-state index in [-0.39, 0.29) is 4.90 Å². The van der Waals surface area contributed by atoms with Crippen molar-refractivity contribution >= 4 is 38.5 Å². The number of hydrogen-bond acceptors (Lipinski definition) is 6. The van der Waals surface area contributed by atoms with Crippen LogP contribution in [-0.4, -0.2) is 58.7 Å². The van der Waals surface area contributed by atoms with Crippen LogP contribution in [0, 0.1) is 20.8 Å². The summed E-state index contributed by atoms with van der Waals surface area (Å²) in [7, 11) is -3.58. The molecule has 0 atom stereocenters. The van der Waals surface area contributed by atoms with E-state index in [2.05, 4.69) is 47.0 Å². The van der Waals surface area contributed by atoms with Crippen LogP contribution < -0.4 is 4.90 Å². The fourth-order valence-electron chi connectivity index (χ4n) is 4.36. The molecule has 3 heterocycles. The minimum absolute atomic E-state index is 0.250. The minimum atomic E-state index is -3.58. The van der Waals surface area contributed by atoms with Crippen molar-refractivity contribution < 1.29 is 8.42 Å². The number of hydrogen-bond donors (Lipinski definition) is 0. The van der Waals surface area contributed by atoms with Crippen LogP contribution >= 0.6 is 11.6 Å². The van der Waals surface area contributed by atoms with Crippen molar-refractivity contribution in [1.82, 2.24) is 24.1 Å². The van der Waals surface area contributed by atoms with E-state index in [1.54, 1.807) is 30.5 Å². The monoisotopic (exact) mass is 496 g/mol. The molecule has 0 unspecified atom stereocenters. The highest BCUT2D eigenvalue weighted by Crippen LogP contribution is 2.29. The summed E-state index contributed by atoms with van der Waals surface area (Å²) in [4.78, 5) is 11.7. The molecule has 5 rings (SSSR count). The van der Waals surface area contributed by atoms with Crippen molar-refractivity contribution in [2.75, 3.05) is 31.1 Å². The quantitative estimate of drug-likeness (QED) is 0.426. The van der Waals surface area contributed by atoms with Crippen LogP contribution in [0.4, 0.5) is 5.82 Å². The lowest BCUT2D eigenvalue weighted by molar-refractivity contribution is 0.384. The molecule has 0 saturated carbocycles. The second kappa shape index (κ2) is 8.65. The van der Waals surface area contributed by atoms with Crippen molar-refractivity contribution in [2.45, 2.75) is 25.7 Å². The van der Waals surface area contributed by atoms with Gasteiger partial charge in [-0.2, -0.15) is 9.40 Å². The van der Waals surface area contributed by atoms with Crippen LogP contribution in [0.2, 0.25) is 5.02 Å². The summed E-state index contributed by atoms with van der Waals surface area (Å²) in [5, 5.41) is 5.98. The normalized spacial score (nSPS) is 15.2. The molecule has 8 nitrogen and oxygen atoms in total. The lowest BCUT2D eigenvalue weighted by Crippen LogP contribution is -2.49. The third-order valence-corrected chi connectivity index (χ3v) is 8.26. The van der Waals surface area contributed by atoms with Crippen molar-refractivity contribution in [1.29, 1.82) is 0 Å². The van der Waals surface area contributed by atoms with Gasteiger partial charge in [-0.15, -0.1) is 0 Å². The minimum Gasteiger partial charge on any atom is -0.353 e. The average molecular weight is 497 g/mol. The van der Waals surface area contributed by atoms with Crippen molar-refractivity contribution in [3.63, 3.8) is 0 Å². The van der Waals surface area contributed by atoms with Crippen LogP contribution in [0.3, 0.4) is 0 Å². The largest absolute Gasteiger partial charge is 0.353 e. The number of anilines is 1. The zero-order chi connectivity index (χ0) is 24.0. The van der Waals surface area contributed by atoms with Crippen LogP contribution in [0.1, 0.15) is 17.0 Å². The highest BCUT2D eigenvalue weighted by molar-refractivity contribution is 7.89. The summed E-state index contributed by atoms with van der Waals surface area (Å²) < 4.78 is 29.5. The zero-order valence-corrected chi connectivity index (χ0v) is 20.8. The Morgan fingerprint density at radius 2 is 1.62 bits per heavy atom. The maximum atomic E-state index is 13.0. The van der Waals surface area contributed by atoms with E-state index >= 15 is 0 Å². The van der Waals surface area contributed by atoms with Crippen LogP contribution in [0.25, 0.3) is 16.7 Å². The first-order valence-electron chi connectivity index (χ1n) is 11.0. The lowest BCUT2D eigenvalue weighted by Gasteiger charge is -2.35. The Balaban J connectivity index is 1.44. The number of aromatic nitrogens is 4. The standard InChI is InChI=1S/C24H25ClN6O2S/c1-16-4-9-22(17(2)14-16)31-24-21(15-26-31)23(27-18(3)28-24)29-10-12-30(13-11-29)34(32,33)20-7-5-19(25)6-8-20/h4-9,14-15H,10-13H2,1-3H3. The molecular formula is C24H25ClN6O2S. The number of halogens is 1. The highest BCUT2D eigenvalue weighted by atomic mass is 35.5. The Bertz CT molecular complexity index is 1480. The van der Waals surface area contributed by atoms with Crippen LogP contribution in [0.15, 0.2) is 53.6 Å². The van der Waals surface area contributed by atoms with Gasteiger partial charge < -0.3 is 4.90 Å². The number of nitrogens with zero attached hydrogens (tertiary/aromatic N) is 6. The molecule has 2 aromatic carbocycles. The van der Waals surface area contributed by atoms with Gasteiger partial charge in [-0.1, -0.05) is 29.3 Å². The van der Waals surface area contributed by atoms with E-state index < -0.39 is 10.0 Å². The highest BCUT2D eigenvalue weighted by Gasteiger charge is 2.30. The lowest BCUT2D eigenvalue weighted by atomic mass is 10.1. The molecule has 1 fully saturated rings. The van der Waals surface area contributed by atoms with Gasteiger partial charge in [0.1, 0.15) is 11.6 Å². The molecule has 0 N–H and O–H groups in total. The van der Waals surface area contributed by atoms with Gasteiger partial charge in [0.25, 0.3) is 0 Å². The molecule has 10 heteroatoms. The molecule has 1 aliphatic heterocycles. The maximum absolute atomic E-state index is 13.0. The Kier molecular flexibility index (Phi) is 5.79. The van der Waals surface area contributed by atoms with Crippen molar-refractivity contribution in [3.8, 4) is 5.69 Å². The SMILES string of the molecule is Cc1ccc(-n2ncc3c(N4CCN(S(=O)(=O)c5ccc(Cl)cc5)CC4)nc(C)nc32)c(C)c1. The van der Waals surface area contributed by atoms with Gasteiger partial charge in [0.05, 0.1) is 22.2 Å². The van der Waals surface area contributed by atoms with Gasteiger partial charge in [0.15, 0.2) is 5.65 Å². The van der Waals surface area contributed by atoms with E-state index in [0.717, 1.165) is 28.1 Å². The summed E-state index contributed by atoms with van der Waals surface area (Å²) in [6.07, 6.45) is 1.79. The first-order valence-corrected chi connectivity index (χ1v) is 12.9. The van der Waals surface area contributed by atoms with E-state index in [4.69, 9.17) is 16.6 Å². The summed E-state index contributed by atoms with van der Waals surface area (Å²) in [5.41, 5.74) is 4.02. The summed E-state index contributed by atoms with van der Waals surface area (Å²) in [6.45, 7) is 7.76. The topological polar surface area (TPSA) is 84.2 Å². The van der Waals surface area contributed by atoms with Gasteiger partial charge in [0, 0.05) is 31.2 Å². The van der Waals surface area contributed by atoms with Gasteiger partial charge in [-0.05, 0) is 56.7 Å². The molecule has 176 valence electrons. The van der Waals surface area contributed by atoms with Gasteiger partial charge >= 0.3 is 0 Å². The molecule has 0 amide bonds. The number of aryl methyl sites for hydroxylation is 3. The first kappa shape index (κ1) is 22.8. The van der Waals surface area contributed by atoms with Gasteiger partial charge in [0.2, 0.25) is 10.0 Å². The number of rotatable bonds is 4. The second-order valence-electron chi connectivity index (χ2n) is 8.52. The number of fused-ring (bicyclic) bond motifs is 1. The summed E-state index contributed by atoms with van der Waals surface area (Å²) in [5.74, 6) is 1.42. The van der Waals surface area contributed by atoms with Gasteiger partial charge in [-0.3, -0.25) is 0 Å². The molecular weight excluding hydrogens is 472 g/mol. The second-order valence-corrected chi connectivity index (χ2v) is 10.9. The fourth-order valence-corrected chi connectivity index (χ4v) is 5.90. The Hall–Kier alpha value is -3.01. The molecule has 1 aliphatic rings. The molecule has 0 spiro atoms. The number of sulfonamides is 1.